The van der Waals surface area contributed by atoms with Gasteiger partial charge >= 0.3 is 67.3 Å². The first kappa shape index (κ1) is 23.3. The Morgan fingerprint density at radius 1 is 1.57 bits per heavy atom. The summed E-state index contributed by atoms with van der Waals surface area (Å²) < 4.78 is 0. The fourth-order valence-electron chi connectivity index (χ4n) is 0. The van der Waals surface area contributed by atoms with Gasteiger partial charge in [0.15, 0.2) is 0 Å². The van der Waals surface area contributed by atoms with E-state index in [0.29, 0.717) is 0 Å². The van der Waals surface area contributed by atoms with Crippen molar-refractivity contribution in [2.45, 2.75) is 0 Å². The summed E-state index contributed by atoms with van der Waals surface area (Å²) in [4.78, 5) is 8.36. The van der Waals surface area contributed by atoms with Gasteiger partial charge < -0.3 is 5.21 Å². The van der Waals surface area contributed by atoms with Gasteiger partial charge in [-0.05, 0) is 0 Å². The van der Waals surface area contributed by atoms with E-state index in [0.717, 1.165) is 0 Å². The maximum atomic E-state index is 8.36. The van der Waals surface area contributed by atoms with Crippen LogP contribution >= 0.6 is 12.4 Å². The summed E-state index contributed by atoms with van der Waals surface area (Å²) in [7, 11) is 0. The molecule has 7 heteroatoms. The third-order valence-corrected chi connectivity index (χ3v) is 0. The molecule has 0 fully saturated rings. The third-order valence-electron chi connectivity index (χ3n) is 0. The zero-order chi connectivity index (χ0) is 3.58. The van der Waals surface area contributed by atoms with Crippen LogP contribution in [0.1, 0.15) is 0 Å². The Labute approximate surface area is 98.5 Å². The van der Waals surface area contributed by atoms with Gasteiger partial charge in [0.05, 0.1) is 0 Å². The van der Waals surface area contributed by atoms with Crippen LogP contribution in [0.2, 0.25) is 0 Å². The fraction of sp³-hybridized carbons (Fsp3) is 0. The quantitative estimate of drug-likeness (QED) is 0.270. The minimum atomic E-state index is -1.50. The van der Waals surface area contributed by atoms with Gasteiger partial charge in [-0.25, -0.2) is 0 Å². The van der Waals surface area contributed by atoms with Crippen molar-refractivity contribution in [1.29, 1.82) is 0 Å². The van der Waals surface area contributed by atoms with E-state index >= 15 is 0 Å². The molecule has 4 nitrogen and oxygen atoms in total. The van der Waals surface area contributed by atoms with E-state index in [-0.39, 0.29) is 79.7 Å². The molecule has 0 radical (unpaired) electrons. The van der Waals surface area contributed by atoms with E-state index in [1.807, 2.05) is 0 Å². The van der Waals surface area contributed by atoms with Crippen LogP contribution in [0.4, 0.5) is 0 Å². The Kier molecular flexibility index (Phi) is 52.1. The van der Waals surface area contributed by atoms with Gasteiger partial charge in [-0.3, -0.25) is 0 Å². The van der Waals surface area contributed by atoms with Crippen molar-refractivity contribution in [3.05, 3.63) is 10.1 Å². The summed E-state index contributed by atoms with van der Waals surface area (Å²) in [6, 6.07) is 0. The standard InChI is InChI=1S/Ca.ClH.HNO3.Na.3H/c;;2-1(3)4;;;;/h;1H;(H,2,3,4);;;;. The Hall–Kier alpha value is 1.75. The Morgan fingerprint density at radius 3 is 1.57 bits per heavy atom. The van der Waals surface area contributed by atoms with Crippen LogP contribution in [0, 0.1) is 10.1 Å². The first-order valence-electron chi connectivity index (χ1n) is 0.565. The molecule has 0 aromatic rings. The van der Waals surface area contributed by atoms with Crippen molar-refractivity contribution < 1.29 is 10.3 Å². The van der Waals surface area contributed by atoms with Gasteiger partial charge in [-0.15, -0.1) is 22.5 Å². The summed E-state index contributed by atoms with van der Waals surface area (Å²) in [5.41, 5.74) is 0. The molecule has 0 amide bonds. The fourth-order valence-corrected chi connectivity index (χ4v) is 0. The van der Waals surface area contributed by atoms with Crippen LogP contribution in [-0.2, 0) is 0 Å². The van der Waals surface area contributed by atoms with E-state index in [2.05, 4.69) is 0 Å². The van der Waals surface area contributed by atoms with Crippen LogP contribution < -0.4 is 0 Å². The minimum absolute atomic E-state index is 0. The second kappa shape index (κ2) is 15.7. The molecule has 0 atom stereocenters. The van der Waals surface area contributed by atoms with Crippen LogP contribution in [0.25, 0.3) is 0 Å². The van der Waals surface area contributed by atoms with E-state index in [4.69, 9.17) is 15.3 Å². The molecule has 0 aromatic heterocycles. The van der Waals surface area contributed by atoms with Gasteiger partial charge in [0, 0.05) is 0 Å². The molecule has 7 heavy (non-hydrogen) atoms. The molecule has 38 valence electrons. The Bertz CT molecular complexity index is 37.9. The third kappa shape index (κ3) is 83.7. The summed E-state index contributed by atoms with van der Waals surface area (Å²) >= 11 is 0. The second-order valence-electron chi connectivity index (χ2n) is 0.238. The summed E-state index contributed by atoms with van der Waals surface area (Å²) in [5.74, 6) is 0. The molecule has 0 bridgehead atoms. The molecule has 0 heterocycles. The summed E-state index contributed by atoms with van der Waals surface area (Å²) in [5, 5.41) is 13.6. The first-order chi connectivity index (χ1) is 1.73. The molecule has 0 unspecified atom stereocenters. The second-order valence-corrected chi connectivity index (χ2v) is 0.238. The monoisotopic (exact) mass is 165 g/mol. The van der Waals surface area contributed by atoms with Crippen molar-refractivity contribution >= 4 is 79.7 Å². The zero-order valence-corrected chi connectivity index (χ0v) is 2.94. The van der Waals surface area contributed by atoms with Crippen molar-refractivity contribution in [2.75, 3.05) is 0 Å². The molecule has 0 saturated carbocycles. The van der Waals surface area contributed by atoms with Gasteiger partial charge in [0.2, 0.25) is 0 Å². The summed E-state index contributed by atoms with van der Waals surface area (Å²) in [6.45, 7) is 0. The molecule has 0 aliphatic rings. The molecular formula is H5CaClNNaO3. The first-order valence-corrected chi connectivity index (χ1v) is 0.565. The normalized spacial score (nSPS) is 3.43. The average molecular weight is 166 g/mol. The SMILES string of the molecule is Cl.O=[N+]([O-])O.[CaH2].[NaH]. The van der Waals surface area contributed by atoms with Gasteiger partial charge in [0.25, 0.3) is 5.09 Å². The van der Waals surface area contributed by atoms with Crippen LogP contribution in [0.15, 0.2) is 0 Å². The van der Waals surface area contributed by atoms with Crippen LogP contribution in [-0.4, -0.2) is 77.6 Å². The molecule has 0 saturated heterocycles. The number of hydrogen-bond acceptors (Lipinski definition) is 2. The molecule has 1 N–H and O–H groups in total. The van der Waals surface area contributed by atoms with Crippen molar-refractivity contribution in [2.24, 2.45) is 0 Å². The zero-order valence-electron chi connectivity index (χ0n) is 2.12. The molecular weight excluding hydrogens is 161 g/mol. The van der Waals surface area contributed by atoms with Gasteiger partial charge in [-0.1, -0.05) is 0 Å². The van der Waals surface area contributed by atoms with Gasteiger partial charge in [-0.2, -0.15) is 0 Å². The number of hydrogen-bond donors (Lipinski definition) is 1. The van der Waals surface area contributed by atoms with E-state index in [1.165, 1.54) is 0 Å². The van der Waals surface area contributed by atoms with Crippen molar-refractivity contribution in [3.63, 3.8) is 0 Å². The van der Waals surface area contributed by atoms with E-state index < -0.39 is 5.09 Å². The number of nitrogens with zero attached hydrogens (tertiary/aromatic N) is 1. The molecule has 0 aliphatic heterocycles. The Balaban J connectivity index is -0.0000000150. The van der Waals surface area contributed by atoms with Gasteiger partial charge in [0.1, 0.15) is 0 Å². The van der Waals surface area contributed by atoms with Crippen LogP contribution in [0.3, 0.4) is 0 Å². The van der Waals surface area contributed by atoms with Crippen molar-refractivity contribution in [3.8, 4) is 0 Å². The molecule has 0 rings (SSSR count). The molecule has 0 spiro atoms. The predicted molar refractivity (Wildman–Crippen MR) is 31.7 cm³/mol. The number of halogens is 1. The average Bonchev–Trinajstić information content (AvgIpc) is 0.811. The Morgan fingerprint density at radius 2 is 1.57 bits per heavy atom. The van der Waals surface area contributed by atoms with E-state index in [1.54, 1.807) is 0 Å². The summed E-state index contributed by atoms with van der Waals surface area (Å²) in [6.07, 6.45) is 0. The number of rotatable bonds is 0. The maximum absolute atomic E-state index is 8.36. The molecule has 0 aromatic carbocycles. The van der Waals surface area contributed by atoms with Crippen molar-refractivity contribution in [1.82, 2.24) is 0 Å². The molecule has 0 aliphatic carbocycles. The topological polar surface area (TPSA) is 63.4 Å². The van der Waals surface area contributed by atoms with E-state index in [9.17, 15) is 0 Å². The predicted octanol–water partition coefficient (Wildman–Crippen LogP) is -1.49. The van der Waals surface area contributed by atoms with Crippen LogP contribution in [0.5, 0.6) is 0 Å².